The Kier molecular flexibility index (Phi) is 5.57. The molecular weight excluding hydrogens is 363 g/mol. The lowest BCUT2D eigenvalue weighted by molar-refractivity contribution is -0.130. The molecule has 4 rings (SSSR count). The Bertz CT molecular complexity index is 802. The van der Waals surface area contributed by atoms with Gasteiger partial charge in [-0.15, -0.1) is 10.2 Å². The van der Waals surface area contributed by atoms with Gasteiger partial charge in [-0.25, -0.2) is 4.39 Å². The normalized spacial score (nSPS) is 21.2. The van der Waals surface area contributed by atoms with E-state index in [-0.39, 0.29) is 24.2 Å². The molecule has 1 atom stereocenters. The van der Waals surface area contributed by atoms with Gasteiger partial charge in [0.2, 0.25) is 11.8 Å². The molecule has 0 saturated carbocycles. The second-order valence-electron chi connectivity index (χ2n) is 7.49. The van der Waals surface area contributed by atoms with E-state index in [2.05, 4.69) is 15.1 Å². The Morgan fingerprint density at radius 1 is 1.18 bits per heavy atom. The van der Waals surface area contributed by atoms with Gasteiger partial charge in [0.25, 0.3) is 5.89 Å². The predicted molar refractivity (Wildman–Crippen MR) is 99.2 cm³/mol. The van der Waals surface area contributed by atoms with Gasteiger partial charge < -0.3 is 14.1 Å². The number of benzene rings is 1. The van der Waals surface area contributed by atoms with E-state index in [1.807, 2.05) is 4.90 Å². The predicted octanol–water partition coefficient (Wildman–Crippen LogP) is 2.59. The fourth-order valence-corrected chi connectivity index (χ4v) is 4.03. The smallest absolute Gasteiger partial charge is 0.253 e. The first kappa shape index (κ1) is 18.9. The molecule has 0 bridgehead atoms. The fraction of sp³-hybridized carbons (Fsp3) is 0.550. The summed E-state index contributed by atoms with van der Waals surface area (Å²) in [6.45, 7) is 5.40. The maximum Gasteiger partial charge on any atom is 0.253 e. The maximum atomic E-state index is 12.9. The van der Waals surface area contributed by atoms with Gasteiger partial charge in [0, 0.05) is 32.6 Å². The van der Waals surface area contributed by atoms with E-state index in [1.165, 1.54) is 12.1 Å². The van der Waals surface area contributed by atoms with Crippen molar-refractivity contribution in [1.82, 2.24) is 20.0 Å². The Morgan fingerprint density at radius 2 is 1.93 bits per heavy atom. The standard InChI is InChI=1S/C20H25FN4O3/c1-14(26)24-10-7-17(8-11-24)25-9-6-15(12-25)20-23-22-19(28-20)13-27-18-4-2-16(21)3-5-18/h2-5,15,17H,6-13H2,1H3/t15-/m0/s1. The van der Waals surface area contributed by atoms with E-state index >= 15 is 0 Å². The number of carbonyl (C=O) groups excluding carboxylic acids is 1. The largest absolute Gasteiger partial charge is 0.484 e. The molecule has 2 aliphatic rings. The van der Waals surface area contributed by atoms with Gasteiger partial charge in [-0.2, -0.15) is 0 Å². The van der Waals surface area contributed by atoms with Crippen molar-refractivity contribution in [2.24, 2.45) is 0 Å². The Labute approximate surface area is 163 Å². The zero-order valence-corrected chi connectivity index (χ0v) is 16.0. The number of carbonyl (C=O) groups is 1. The summed E-state index contributed by atoms with van der Waals surface area (Å²) in [6, 6.07) is 6.35. The molecule has 1 aromatic carbocycles. The van der Waals surface area contributed by atoms with E-state index in [1.54, 1.807) is 19.1 Å². The summed E-state index contributed by atoms with van der Waals surface area (Å²) < 4.78 is 24.3. The number of likely N-dealkylation sites (tertiary alicyclic amines) is 2. The maximum absolute atomic E-state index is 12.9. The molecule has 0 spiro atoms. The van der Waals surface area contributed by atoms with Crippen LogP contribution in [0, 0.1) is 5.82 Å². The molecule has 3 heterocycles. The highest BCUT2D eigenvalue weighted by Crippen LogP contribution is 2.30. The molecule has 0 N–H and O–H groups in total. The first-order valence-corrected chi connectivity index (χ1v) is 9.78. The summed E-state index contributed by atoms with van der Waals surface area (Å²) in [5.74, 6) is 1.74. The third-order valence-electron chi connectivity index (χ3n) is 5.65. The minimum Gasteiger partial charge on any atom is -0.484 e. The average molecular weight is 388 g/mol. The van der Waals surface area contributed by atoms with Crippen LogP contribution in [0.5, 0.6) is 5.75 Å². The fourth-order valence-electron chi connectivity index (χ4n) is 4.03. The van der Waals surface area contributed by atoms with Gasteiger partial charge in [0.1, 0.15) is 11.6 Å². The van der Waals surface area contributed by atoms with Crippen molar-refractivity contribution in [1.29, 1.82) is 0 Å². The minimum absolute atomic E-state index is 0.165. The topological polar surface area (TPSA) is 71.7 Å². The van der Waals surface area contributed by atoms with Crippen molar-refractivity contribution in [3.63, 3.8) is 0 Å². The van der Waals surface area contributed by atoms with Crippen molar-refractivity contribution in [3.8, 4) is 5.75 Å². The molecule has 150 valence electrons. The van der Waals surface area contributed by atoms with Gasteiger partial charge in [-0.05, 0) is 50.1 Å². The van der Waals surface area contributed by atoms with Crippen LogP contribution < -0.4 is 4.74 Å². The summed E-state index contributed by atoms with van der Waals surface area (Å²) in [7, 11) is 0. The van der Waals surface area contributed by atoms with Crippen LogP contribution in [0.2, 0.25) is 0 Å². The number of amides is 1. The number of rotatable bonds is 5. The first-order valence-electron chi connectivity index (χ1n) is 9.78. The van der Waals surface area contributed by atoms with Crippen LogP contribution in [-0.2, 0) is 11.4 Å². The molecule has 0 radical (unpaired) electrons. The number of hydrogen-bond acceptors (Lipinski definition) is 6. The van der Waals surface area contributed by atoms with Crippen molar-refractivity contribution < 1.29 is 18.3 Å². The number of ether oxygens (including phenoxy) is 1. The molecule has 2 aromatic rings. The van der Waals surface area contributed by atoms with Crippen molar-refractivity contribution in [2.45, 2.75) is 44.8 Å². The summed E-state index contributed by atoms with van der Waals surface area (Å²) in [6.07, 6.45) is 3.03. The minimum atomic E-state index is -0.301. The van der Waals surface area contributed by atoms with Crippen LogP contribution in [-0.4, -0.2) is 58.1 Å². The number of nitrogens with zero attached hydrogens (tertiary/aromatic N) is 4. The average Bonchev–Trinajstić information content (AvgIpc) is 3.37. The van der Waals surface area contributed by atoms with Crippen LogP contribution in [0.4, 0.5) is 4.39 Å². The molecule has 0 aliphatic carbocycles. The van der Waals surface area contributed by atoms with E-state index in [4.69, 9.17) is 9.15 Å². The molecular formula is C20H25FN4O3. The van der Waals surface area contributed by atoms with Crippen LogP contribution in [0.1, 0.15) is 43.9 Å². The molecule has 1 amide bonds. The van der Waals surface area contributed by atoms with Crippen LogP contribution in [0.25, 0.3) is 0 Å². The van der Waals surface area contributed by atoms with Crippen LogP contribution in [0.3, 0.4) is 0 Å². The molecule has 0 unspecified atom stereocenters. The van der Waals surface area contributed by atoms with Gasteiger partial charge in [-0.3, -0.25) is 9.69 Å². The summed E-state index contributed by atoms with van der Waals surface area (Å²) in [4.78, 5) is 15.9. The molecule has 8 heteroatoms. The summed E-state index contributed by atoms with van der Waals surface area (Å²) in [5, 5.41) is 8.29. The molecule has 7 nitrogen and oxygen atoms in total. The number of halogens is 1. The second-order valence-corrected chi connectivity index (χ2v) is 7.49. The molecule has 1 aromatic heterocycles. The van der Waals surface area contributed by atoms with Gasteiger partial charge in [0.05, 0.1) is 5.92 Å². The van der Waals surface area contributed by atoms with Crippen molar-refractivity contribution in [2.75, 3.05) is 26.2 Å². The molecule has 2 fully saturated rings. The van der Waals surface area contributed by atoms with Gasteiger partial charge in [-0.1, -0.05) is 0 Å². The van der Waals surface area contributed by atoms with E-state index in [0.29, 0.717) is 23.6 Å². The Balaban J connectivity index is 1.28. The quantitative estimate of drug-likeness (QED) is 0.784. The summed E-state index contributed by atoms with van der Waals surface area (Å²) in [5.41, 5.74) is 0. The summed E-state index contributed by atoms with van der Waals surface area (Å²) >= 11 is 0. The van der Waals surface area contributed by atoms with Crippen LogP contribution >= 0.6 is 0 Å². The molecule has 28 heavy (non-hydrogen) atoms. The zero-order valence-electron chi connectivity index (χ0n) is 16.0. The third-order valence-corrected chi connectivity index (χ3v) is 5.65. The van der Waals surface area contributed by atoms with Crippen LogP contribution in [0.15, 0.2) is 28.7 Å². The highest BCUT2D eigenvalue weighted by molar-refractivity contribution is 5.73. The number of hydrogen-bond donors (Lipinski definition) is 0. The highest BCUT2D eigenvalue weighted by Gasteiger charge is 2.34. The lowest BCUT2D eigenvalue weighted by Crippen LogP contribution is -2.45. The van der Waals surface area contributed by atoms with E-state index in [0.717, 1.165) is 45.4 Å². The van der Waals surface area contributed by atoms with Crippen molar-refractivity contribution in [3.05, 3.63) is 41.9 Å². The van der Waals surface area contributed by atoms with Crippen molar-refractivity contribution >= 4 is 5.91 Å². The van der Waals surface area contributed by atoms with Gasteiger partial charge >= 0.3 is 0 Å². The van der Waals surface area contributed by atoms with E-state index in [9.17, 15) is 9.18 Å². The highest BCUT2D eigenvalue weighted by atomic mass is 19.1. The zero-order chi connectivity index (χ0) is 19.5. The lowest BCUT2D eigenvalue weighted by Gasteiger charge is -2.36. The Hall–Kier alpha value is -2.48. The first-order chi connectivity index (χ1) is 13.6. The number of piperidine rings is 1. The SMILES string of the molecule is CC(=O)N1CCC(N2CC[C@H](c3nnc(COc4ccc(F)cc4)o3)C2)CC1. The molecule has 2 saturated heterocycles. The number of aromatic nitrogens is 2. The van der Waals surface area contributed by atoms with E-state index < -0.39 is 0 Å². The monoisotopic (exact) mass is 388 g/mol. The third kappa shape index (κ3) is 4.32. The Morgan fingerprint density at radius 3 is 2.64 bits per heavy atom. The molecule has 2 aliphatic heterocycles. The lowest BCUT2D eigenvalue weighted by atomic mass is 10.0. The van der Waals surface area contributed by atoms with Gasteiger partial charge in [0.15, 0.2) is 6.61 Å². The second kappa shape index (κ2) is 8.26.